The van der Waals surface area contributed by atoms with Crippen LogP contribution in [0.1, 0.15) is 59.2 Å². The second-order valence-corrected chi connectivity index (χ2v) is 10.5. The maximum Gasteiger partial charge on any atom is 0.349 e. The second kappa shape index (κ2) is 12.0. The maximum atomic E-state index is 13.7. The predicted octanol–water partition coefficient (Wildman–Crippen LogP) is 4.64. The molecule has 38 heavy (non-hydrogen) atoms. The van der Waals surface area contributed by atoms with E-state index in [0.717, 1.165) is 27.7 Å². The molecule has 0 aliphatic carbocycles. The number of nitrogens with two attached hydrogens (primary N) is 1. The number of methoxy groups -OCH3 is 1. The van der Waals surface area contributed by atoms with E-state index >= 15 is 0 Å². The molecule has 4 rings (SSSR count). The van der Waals surface area contributed by atoms with Crippen LogP contribution >= 0.6 is 15.9 Å². The number of nitrogens with one attached hydrogen (secondary N) is 1. The van der Waals surface area contributed by atoms with E-state index in [9.17, 15) is 9.59 Å². The summed E-state index contributed by atoms with van der Waals surface area (Å²) < 4.78 is 9.26. The lowest BCUT2D eigenvalue weighted by atomic mass is 9.97. The molecule has 2 heterocycles. The second-order valence-electron chi connectivity index (χ2n) is 9.73. The van der Waals surface area contributed by atoms with E-state index in [2.05, 4.69) is 26.3 Å². The Balaban J connectivity index is 1.81. The molecule has 0 radical (unpaired) electrons. The van der Waals surface area contributed by atoms with Gasteiger partial charge in [0.1, 0.15) is 5.75 Å². The fourth-order valence-electron chi connectivity index (χ4n) is 4.64. The summed E-state index contributed by atoms with van der Waals surface area (Å²) in [6.45, 7) is 6.80. The molecule has 200 valence electrons. The van der Waals surface area contributed by atoms with Crippen molar-refractivity contribution in [3.8, 4) is 5.75 Å². The van der Waals surface area contributed by atoms with Gasteiger partial charge in [-0.1, -0.05) is 44.2 Å². The van der Waals surface area contributed by atoms with Crippen molar-refractivity contribution in [1.82, 2.24) is 19.5 Å². The van der Waals surface area contributed by atoms with Crippen LogP contribution in [0.3, 0.4) is 0 Å². The molecular formula is C29H34BrN5O3. The van der Waals surface area contributed by atoms with Crippen molar-refractivity contribution in [1.29, 1.82) is 0 Å². The molecule has 0 fully saturated rings. The molecule has 4 aromatic rings. The molecule has 0 saturated carbocycles. The first-order chi connectivity index (χ1) is 18.2. The van der Waals surface area contributed by atoms with Gasteiger partial charge in [-0.3, -0.25) is 9.36 Å². The van der Waals surface area contributed by atoms with Gasteiger partial charge < -0.3 is 15.8 Å². The Morgan fingerprint density at radius 1 is 1.16 bits per heavy atom. The minimum atomic E-state index is -0.435. The number of fused-ring (bicyclic) bond motifs is 1. The first-order valence-electron chi connectivity index (χ1n) is 12.8. The molecule has 1 amide bonds. The maximum absolute atomic E-state index is 13.7. The van der Waals surface area contributed by atoms with E-state index in [-0.39, 0.29) is 17.5 Å². The number of hydrogen-bond donors (Lipinski definition) is 2. The molecule has 0 saturated heterocycles. The number of carbonyl (C=O) groups is 1. The Labute approximate surface area is 230 Å². The van der Waals surface area contributed by atoms with Crippen molar-refractivity contribution in [2.75, 3.05) is 13.7 Å². The summed E-state index contributed by atoms with van der Waals surface area (Å²) in [5.74, 6) is 0.481. The van der Waals surface area contributed by atoms with Crippen LogP contribution in [0.25, 0.3) is 5.52 Å². The number of rotatable bonds is 10. The molecule has 1 unspecified atom stereocenters. The molecule has 0 aliphatic rings. The number of aromatic nitrogens is 3. The van der Waals surface area contributed by atoms with E-state index in [1.54, 1.807) is 23.8 Å². The highest BCUT2D eigenvalue weighted by Gasteiger charge is 2.26. The van der Waals surface area contributed by atoms with Gasteiger partial charge in [-0.05, 0) is 83.6 Å². The summed E-state index contributed by atoms with van der Waals surface area (Å²) >= 11 is 3.59. The Bertz CT molecular complexity index is 1490. The predicted molar refractivity (Wildman–Crippen MR) is 153 cm³/mol. The highest BCUT2D eigenvalue weighted by Crippen LogP contribution is 2.28. The molecule has 1 atom stereocenters. The summed E-state index contributed by atoms with van der Waals surface area (Å²) in [6, 6.07) is 16.8. The fraction of sp³-hybridized carbons (Fsp3) is 0.345. The Morgan fingerprint density at radius 2 is 1.89 bits per heavy atom. The van der Waals surface area contributed by atoms with E-state index in [4.69, 9.17) is 10.5 Å². The molecule has 0 aliphatic heterocycles. The molecule has 0 spiro atoms. The number of amides is 1. The van der Waals surface area contributed by atoms with Gasteiger partial charge >= 0.3 is 5.69 Å². The van der Waals surface area contributed by atoms with E-state index in [1.807, 2.05) is 63.2 Å². The Morgan fingerprint density at radius 3 is 2.55 bits per heavy atom. The molecule has 2 aromatic heterocycles. The van der Waals surface area contributed by atoms with E-state index in [0.29, 0.717) is 42.0 Å². The fourth-order valence-corrected chi connectivity index (χ4v) is 5.00. The third kappa shape index (κ3) is 5.68. The average Bonchev–Trinajstić information content (AvgIpc) is 3.21. The number of ether oxygens (including phenoxy) is 1. The third-order valence-electron chi connectivity index (χ3n) is 6.69. The quantitative estimate of drug-likeness (QED) is 0.285. The number of aryl methyl sites for hydroxylation is 2. The van der Waals surface area contributed by atoms with Crippen LogP contribution in [-0.4, -0.2) is 33.7 Å². The largest absolute Gasteiger partial charge is 0.497 e. The van der Waals surface area contributed by atoms with Crippen molar-refractivity contribution in [2.24, 2.45) is 11.7 Å². The van der Waals surface area contributed by atoms with Gasteiger partial charge in [-0.25, -0.2) is 4.79 Å². The Kier molecular flexibility index (Phi) is 8.69. The summed E-state index contributed by atoms with van der Waals surface area (Å²) in [6.07, 6.45) is 1.42. The molecular weight excluding hydrogens is 546 g/mol. The van der Waals surface area contributed by atoms with Crippen LogP contribution in [0.2, 0.25) is 0 Å². The average molecular weight is 581 g/mol. The minimum absolute atomic E-state index is 0.00337. The van der Waals surface area contributed by atoms with Crippen molar-refractivity contribution in [2.45, 2.75) is 46.2 Å². The van der Waals surface area contributed by atoms with E-state index in [1.165, 1.54) is 4.52 Å². The van der Waals surface area contributed by atoms with Gasteiger partial charge in [-0.2, -0.15) is 9.61 Å². The standard InChI is InChI=1S/C29H34BrN5O3/c1-18(2)27(32-28(36)23-13-12-22(38-4)15-21(23)11-8-14-31)25-16-24-26(30)19(3)33-35(24)29(37)34(25)17-20-9-6-5-7-10-20/h5-7,9-10,12-13,15-16,18,27H,8,11,14,17,31H2,1-4H3,(H,32,36). The zero-order valence-corrected chi connectivity index (χ0v) is 23.8. The lowest BCUT2D eigenvalue weighted by Gasteiger charge is -2.27. The van der Waals surface area contributed by atoms with Crippen LogP contribution in [0.4, 0.5) is 0 Å². The van der Waals surface area contributed by atoms with Gasteiger partial charge in [0.05, 0.1) is 35.4 Å². The van der Waals surface area contributed by atoms with Crippen molar-refractivity contribution < 1.29 is 9.53 Å². The topological polar surface area (TPSA) is 104 Å². The molecule has 9 heteroatoms. The molecule has 0 bridgehead atoms. The van der Waals surface area contributed by atoms with Gasteiger partial charge in [0.15, 0.2) is 0 Å². The third-order valence-corrected chi connectivity index (χ3v) is 7.67. The first-order valence-corrected chi connectivity index (χ1v) is 13.5. The summed E-state index contributed by atoms with van der Waals surface area (Å²) in [7, 11) is 1.61. The summed E-state index contributed by atoms with van der Waals surface area (Å²) in [5, 5.41) is 7.68. The van der Waals surface area contributed by atoms with Crippen LogP contribution < -0.4 is 21.5 Å². The van der Waals surface area contributed by atoms with Gasteiger partial charge in [0.25, 0.3) is 5.91 Å². The highest BCUT2D eigenvalue weighted by molar-refractivity contribution is 9.10. The normalized spacial score (nSPS) is 12.2. The van der Waals surface area contributed by atoms with Crippen LogP contribution in [0.5, 0.6) is 5.75 Å². The number of halogens is 1. The van der Waals surface area contributed by atoms with Crippen LogP contribution in [-0.2, 0) is 13.0 Å². The first kappa shape index (κ1) is 27.6. The van der Waals surface area contributed by atoms with Crippen molar-refractivity contribution in [3.05, 3.63) is 97.6 Å². The molecule has 2 aromatic carbocycles. The lowest BCUT2D eigenvalue weighted by molar-refractivity contribution is 0.0922. The zero-order chi connectivity index (χ0) is 27.4. The zero-order valence-electron chi connectivity index (χ0n) is 22.2. The number of hydrogen-bond acceptors (Lipinski definition) is 5. The van der Waals surface area contributed by atoms with Crippen LogP contribution in [0, 0.1) is 12.8 Å². The Hall–Kier alpha value is -3.43. The monoisotopic (exact) mass is 579 g/mol. The van der Waals surface area contributed by atoms with Gasteiger partial charge in [0.2, 0.25) is 0 Å². The minimum Gasteiger partial charge on any atom is -0.497 e. The van der Waals surface area contributed by atoms with E-state index < -0.39 is 6.04 Å². The number of carbonyl (C=O) groups excluding carboxylic acids is 1. The summed E-state index contributed by atoms with van der Waals surface area (Å²) in [4.78, 5) is 27.5. The number of benzene rings is 2. The highest BCUT2D eigenvalue weighted by atomic mass is 79.9. The van der Waals surface area contributed by atoms with Gasteiger partial charge in [0, 0.05) is 11.3 Å². The molecule has 8 nitrogen and oxygen atoms in total. The summed E-state index contributed by atoms with van der Waals surface area (Å²) in [5.41, 5.74) is 10.0. The van der Waals surface area contributed by atoms with Crippen molar-refractivity contribution in [3.63, 3.8) is 0 Å². The van der Waals surface area contributed by atoms with Crippen LogP contribution in [0.15, 0.2) is 63.9 Å². The molecule has 3 N–H and O–H groups in total. The van der Waals surface area contributed by atoms with Gasteiger partial charge in [-0.15, -0.1) is 0 Å². The lowest BCUT2D eigenvalue weighted by Crippen LogP contribution is -2.38. The SMILES string of the molecule is COc1ccc(C(=O)NC(c2cc3c(Br)c(C)nn3c(=O)n2Cc2ccccc2)C(C)C)c(CCCN)c1. The smallest absolute Gasteiger partial charge is 0.349 e. The number of nitrogens with zero attached hydrogens (tertiary/aromatic N) is 3. The van der Waals surface area contributed by atoms with Crippen molar-refractivity contribution >= 4 is 27.4 Å².